The Morgan fingerprint density at radius 2 is 2.00 bits per heavy atom. The van der Waals surface area contributed by atoms with Gasteiger partial charge in [-0.2, -0.15) is 0 Å². The Morgan fingerprint density at radius 1 is 1.15 bits per heavy atom. The number of hydrogen-bond donors (Lipinski definition) is 0. The molecular formula is C22H23NO3. The Morgan fingerprint density at radius 3 is 2.81 bits per heavy atom. The first-order valence-corrected chi connectivity index (χ1v) is 9.11. The van der Waals surface area contributed by atoms with Gasteiger partial charge in [0.2, 0.25) is 0 Å². The van der Waals surface area contributed by atoms with Gasteiger partial charge in [-0.15, -0.1) is 0 Å². The molecule has 0 saturated carbocycles. The van der Waals surface area contributed by atoms with E-state index in [9.17, 15) is 4.79 Å². The van der Waals surface area contributed by atoms with Crippen molar-refractivity contribution in [2.24, 2.45) is 0 Å². The Kier molecular flexibility index (Phi) is 4.19. The molecule has 3 aromatic rings. The molecule has 0 fully saturated rings. The van der Waals surface area contributed by atoms with Crippen molar-refractivity contribution < 1.29 is 9.15 Å². The van der Waals surface area contributed by atoms with Crippen LogP contribution < -0.4 is 15.3 Å². The standard InChI is InChI=1S/C22H23NO3/c1-4-6-16-11-21(24)26-22-17(16)9-10-20-18(22)12-23(13-25-20)19-8-5-7-14(2)15(19)3/h5,7-11H,4,6,12-13H2,1-3H3. The van der Waals surface area contributed by atoms with Crippen molar-refractivity contribution in [2.45, 2.75) is 40.2 Å². The summed E-state index contributed by atoms with van der Waals surface area (Å²) in [4.78, 5) is 14.3. The maximum atomic E-state index is 12.1. The first kappa shape index (κ1) is 16.7. The molecule has 1 aliphatic heterocycles. The molecule has 4 nitrogen and oxygen atoms in total. The molecular weight excluding hydrogens is 326 g/mol. The number of fused-ring (bicyclic) bond motifs is 3. The van der Waals surface area contributed by atoms with E-state index < -0.39 is 0 Å². The smallest absolute Gasteiger partial charge is 0.336 e. The molecule has 0 atom stereocenters. The maximum Gasteiger partial charge on any atom is 0.336 e. The molecule has 0 unspecified atom stereocenters. The van der Waals surface area contributed by atoms with Crippen LogP contribution in [0, 0.1) is 13.8 Å². The summed E-state index contributed by atoms with van der Waals surface area (Å²) in [6, 6.07) is 11.9. The molecule has 4 heteroatoms. The van der Waals surface area contributed by atoms with Crippen molar-refractivity contribution in [1.29, 1.82) is 0 Å². The third kappa shape index (κ3) is 2.75. The SMILES string of the molecule is CCCc1cc(=O)oc2c3c(ccc12)OCN(c1cccc(C)c1C)C3. The van der Waals surface area contributed by atoms with E-state index in [1.165, 1.54) is 11.1 Å². The molecule has 1 aliphatic rings. The van der Waals surface area contributed by atoms with E-state index in [0.29, 0.717) is 18.9 Å². The number of anilines is 1. The highest BCUT2D eigenvalue weighted by molar-refractivity contribution is 5.86. The summed E-state index contributed by atoms with van der Waals surface area (Å²) in [7, 11) is 0. The van der Waals surface area contributed by atoms with Gasteiger partial charge in [-0.3, -0.25) is 0 Å². The lowest BCUT2D eigenvalue weighted by atomic mass is 10.0. The zero-order chi connectivity index (χ0) is 18.3. The van der Waals surface area contributed by atoms with Crippen molar-refractivity contribution in [2.75, 3.05) is 11.6 Å². The van der Waals surface area contributed by atoms with Crippen LogP contribution in [0.1, 0.15) is 35.6 Å². The Labute approximate surface area is 153 Å². The maximum absolute atomic E-state index is 12.1. The van der Waals surface area contributed by atoms with Crippen molar-refractivity contribution in [3.63, 3.8) is 0 Å². The van der Waals surface area contributed by atoms with Gasteiger partial charge in [0.25, 0.3) is 0 Å². The lowest BCUT2D eigenvalue weighted by Gasteiger charge is -2.32. The fourth-order valence-corrected chi connectivity index (χ4v) is 3.71. The van der Waals surface area contributed by atoms with Crippen LogP contribution in [0.4, 0.5) is 5.69 Å². The number of aryl methyl sites for hydroxylation is 2. The summed E-state index contributed by atoms with van der Waals surface area (Å²) < 4.78 is 11.6. The van der Waals surface area contributed by atoms with Crippen molar-refractivity contribution in [3.8, 4) is 5.75 Å². The highest BCUT2D eigenvalue weighted by Crippen LogP contribution is 2.36. The van der Waals surface area contributed by atoms with Gasteiger partial charge in [-0.1, -0.05) is 25.5 Å². The van der Waals surface area contributed by atoms with Crippen molar-refractivity contribution >= 4 is 16.7 Å². The van der Waals surface area contributed by atoms with Crippen LogP contribution in [0.15, 0.2) is 45.6 Å². The second kappa shape index (κ2) is 6.52. The molecule has 0 aliphatic carbocycles. The first-order chi connectivity index (χ1) is 12.6. The molecule has 0 bridgehead atoms. The normalized spacial score (nSPS) is 13.6. The lowest BCUT2D eigenvalue weighted by Crippen LogP contribution is -2.32. The van der Waals surface area contributed by atoms with E-state index in [2.05, 4.69) is 43.9 Å². The molecule has 0 saturated heterocycles. The topological polar surface area (TPSA) is 42.7 Å². The number of hydrogen-bond acceptors (Lipinski definition) is 4. The van der Waals surface area contributed by atoms with Gasteiger partial charge >= 0.3 is 5.63 Å². The second-order valence-corrected chi connectivity index (χ2v) is 6.95. The summed E-state index contributed by atoms with van der Waals surface area (Å²) >= 11 is 0. The van der Waals surface area contributed by atoms with E-state index in [4.69, 9.17) is 9.15 Å². The summed E-state index contributed by atoms with van der Waals surface area (Å²) in [5.41, 5.74) is 6.01. The summed E-state index contributed by atoms with van der Waals surface area (Å²) in [6.45, 7) is 7.51. The molecule has 4 rings (SSSR count). The Hall–Kier alpha value is -2.75. The highest BCUT2D eigenvalue weighted by atomic mass is 16.5. The largest absolute Gasteiger partial charge is 0.473 e. The van der Waals surface area contributed by atoms with E-state index in [1.807, 2.05) is 12.1 Å². The van der Waals surface area contributed by atoms with Crippen LogP contribution >= 0.6 is 0 Å². The zero-order valence-corrected chi connectivity index (χ0v) is 15.5. The second-order valence-electron chi connectivity index (χ2n) is 6.95. The van der Waals surface area contributed by atoms with Crippen molar-refractivity contribution in [3.05, 3.63) is 69.1 Å². The van der Waals surface area contributed by atoms with Crippen molar-refractivity contribution in [1.82, 2.24) is 0 Å². The number of benzene rings is 2. The quantitative estimate of drug-likeness (QED) is 0.642. The molecule has 2 aromatic carbocycles. The summed E-state index contributed by atoms with van der Waals surface area (Å²) in [5.74, 6) is 0.802. The highest BCUT2D eigenvalue weighted by Gasteiger charge is 2.23. The fourth-order valence-electron chi connectivity index (χ4n) is 3.71. The Balaban J connectivity index is 1.84. The van der Waals surface area contributed by atoms with Crippen LogP contribution in [0.2, 0.25) is 0 Å². The van der Waals surface area contributed by atoms with E-state index in [0.717, 1.165) is 40.8 Å². The average Bonchev–Trinajstić information content (AvgIpc) is 2.63. The minimum atomic E-state index is -0.293. The van der Waals surface area contributed by atoms with E-state index in [-0.39, 0.29) is 5.63 Å². The number of nitrogens with zero attached hydrogens (tertiary/aromatic N) is 1. The molecule has 2 heterocycles. The van der Waals surface area contributed by atoms with Gasteiger partial charge in [-0.25, -0.2) is 4.79 Å². The monoisotopic (exact) mass is 349 g/mol. The van der Waals surface area contributed by atoms with E-state index >= 15 is 0 Å². The fraction of sp³-hybridized carbons (Fsp3) is 0.318. The summed E-state index contributed by atoms with van der Waals surface area (Å²) in [6.07, 6.45) is 1.85. The zero-order valence-electron chi connectivity index (χ0n) is 15.5. The van der Waals surface area contributed by atoms with Gasteiger partial charge in [0, 0.05) is 17.1 Å². The minimum absolute atomic E-state index is 0.293. The lowest BCUT2D eigenvalue weighted by molar-refractivity contribution is 0.289. The van der Waals surface area contributed by atoms with Gasteiger partial charge in [0.15, 0.2) is 6.73 Å². The van der Waals surface area contributed by atoms with Crippen LogP contribution in [0.3, 0.4) is 0 Å². The first-order valence-electron chi connectivity index (χ1n) is 9.11. The third-order valence-electron chi connectivity index (χ3n) is 5.22. The molecule has 0 radical (unpaired) electrons. The van der Waals surface area contributed by atoms with Crippen LogP contribution in [0.25, 0.3) is 11.0 Å². The molecule has 1 aromatic heterocycles. The number of ether oxygens (including phenoxy) is 1. The molecule has 26 heavy (non-hydrogen) atoms. The third-order valence-corrected chi connectivity index (χ3v) is 5.22. The van der Waals surface area contributed by atoms with Crippen LogP contribution in [-0.4, -0.2) is 6.73 Å². The minimum Gasteiger partial charge on any atom is -0.473 e. The van der Waals surface area contributed by atoms with Gasteiger partial charge in [0.05, 0.1) is 12.1 Å². The molecule has 0 N–H and O–H groups in total. The number of rotatable bonds is 3. The predicted molar refractivity (Wildman–Crippen MR) is 104 cm³/mol. The molecule has 134 valence electrons. The predicted octanol–water partition coefficient (Wildman–Crippen LogP) is 4.72. The van der Waals surface area contributed by atoms with Crippen LogP contribution in [0.5, 0.6) is 5.75 Å². The average molecular weight is 349 g/mol. The van der Waals surface area contributed by atoms with Crippen LogP contribution in [-0.2, 0) is 13.0 Å². The Bertz CT molecular complexity index is 1040. The molecule has 0 amide bonds. The van der Waals surface area contributed by atoms with Gasteiger partial charge in [0.1, 0.15) is 11.3 Å². The van der Waals surface area contributed by atoms with Gasteiger partial charge in [-0.05, 0) is 55.2 Å². The van der Waals surface area contributed by atoms with Gasteiger partial charge < -0.3 is 14.1 Å². The van der Waals surface area contributed by atoms with E-state index in [1.54, 1.807) is 6.07 Å². The summed E-state index contributed by atoms with van der Waals surface area (Å²) in [5, 5.41) is 1.01. The molecule has 0 spiro atoms.